The number of hydrogen-bond acceptors (Lipinski definition) is 4. The van der Waals surface area contributed by atoms with Crippen LogP contribution in [0, 0.1) is 19.9 Å². The van der Waals surface area contributed by atoms with E-state index in [4.69, 9.17) is 15.1 Å². The van der Waals surface area contributed by atoms with Gasteiger partial charge in [0.1, 0.15) is 6.33 Å². The average molecular weight is 642 g/mol. The average Bonchev–Trinajstić information content (AvgIpc) is 2.98. The molecule has 1 aliphatic rings. The molecule has 0 saturated carbocycles. The molecule has 0 fully saturated rings. The van der Waals surface area contributed by atoms with E-state index in [1.807, 2.05) is 0 Å². The van der Waals surface area contributed by atoms with Crippen LogP contribution in [-0.2, 0) is 30.3 Å². The summed E-state index contributed by atoms with van der Waals surface area (Å²) in [7, 11) is 0. The Morgan fingerprint density at radius 2 is 1.60 bits per heavy atom. The Hall–Kier alpha value is -3.14. The number of fused-ring (bicyclic) bond motifs is 4. The van der Waals surface area contributed by atoms with Gasteiger partial charge in [0.2, 0.25) is 0 Å². The molecule has 0 spiro atoms. The van der Waals surface area contributed by atoms with Crippen molar-refractivity contribution in [1.29, 1.82) is 0 Å². The zero-order chi connectivity index (χ0) is 24.6. The Morgan fingerprint density at radius 3 is 2.17 bits per heavy atom. The summed E-state index contributed by atoms with van der Waals surface area (Å²) < 4.78 is 0. The normalized spacial score (nSPS) is 13.3. The van der Waals surface area contributed by atoms with Crippen LogP contribution in [0.1, 0.15) is 49.9 Å². The summed E-state index contributed by atoms with van der Waals surface area (Å²) in [5, 5.41) is 10.9. The maximum atomic E-state index is 10.0. The van der Waals surface area contributed by atoms with E-state index >= 15 is 0 Å². The zero-order valence-electron chi connectivity index (χ0n) is 20.9. The number of carbonyl (C=O) groups is 1. The molecular weight excluding hydrogens is 613 g/mol. The fourth-order valence-corrected chi connectivity index (χ4v) is 4.79. The van der Waals surface area contributed by atoms with Gasteiger partial charge in [-0.1, -0.05) is 52.0 Å². The number of allylic oxidation sites excluding steroid dienone is 2. The Bertz CT molecular complexity index is 1430. The van der Waals surface area contributed by atoms with Crippen LogP contribution in [0.25, 0.3) is 33.3 Å². The van der Waals surface area contributed by atoms with Crippen LogP contribution in [0.4, 0.5) is 0 Å². The van der Waals surface area contributed by atoms with Gasteiger partial charge >= 0.3 is 0 Å². The van der Waals surface area contributed by atoms with E-state index in [-0.39, 0.29) is 37.1 Å². The zero-order valence-corrected chi connectivity index (χ0v) is 23.3. The third-order valence-corrected chi connectivity index (χ3v) is 6.10. The molecule has 1 aliphatic carbocycles. The van der Waals surface area contributed by atoms with Crippen molar-refractivity contribution >= 4 is 16.6 Å². The number of aliphatic hydroxyl groups excluding tert-OH is 1. The van der Waals surface area contributed by atoms with E-state index < -0.39 is 0 Å². The number of aliphatic hydroxyl groups is 1. The first-order chi connectivity index (χ1) is 16.1. The minimum atomic E-state index is -0.156. The molecule has 4 aromatic rings. The van der Waals surface area contributed by atoms with Gasteiger partial charge in [-0.25, -0.2) is 4.98 Å². The molecule has 0 atom stereocenters. The number of rotatable bonds is 2. The molecule has 181 valence electrons. The fraction of sp³-hybridized carbons (Fsp3) is 0.233. The second-order valence-corrected chi connectivity index (χ2v) is 9.47. The molecule has 1 radical (unpaired) electrons. The Labute approximate surface area is 220 Å². The molecular formula is C30H29IrN2O2-. The smallest absolute Gasteiger partial charge is 0.155 e. The number of benzene rings is 3. The van der Waals surface area contributed by atoms with Gasteiger partial charge in [-0.3, -0.25) is 9.78 Å². The number of aryl methyl sites for hydroxylation is 2. The van der Waals surface area contributed by atoms with Crippen LogP contribution in [0.3, 0.4) is 0 Å². The first-order valence-corrected chi connectivity index (χ1v) is 11.4. The van der Waals surface area contributed by atoms with Crippen molar-refractivity contribution in [3.63, 3.8) is 0 Å². The molecule has 0 bridgehead atoms. The fourth-order valence-electron chi connectivity index (χ4n) is 4.79. The van der Waals surface area contributed by atoms with Crippen molar-refractivity contribution in [2.45, 2.75) is 47.0 Å². The number of hydrogen-bond donors (Lipinski definition) is 1. The molecule has 0 amide bonds. The molecule has 0 unspecified atom stereocenters. The summed E-state index contributed by atoms with van der Waals surface area (Å²) in [5.41, 5.74) is 9.06. The van der Waals surface area contributed by atoms with Crippen LogP contribution in [0.5, 0.6) is 0 Å². The predicted molar refractivity (Wildman–Crippen MR) is 138 cm³/mol. The van der Waals surface area contributed by atoms with Crippen molar-refractivity contribution in [2.75, 3.05) is 0 Å². The minimum Gasteiger partial charge on any atom is -0.512 e. The Balaban J connectivity index is 0.000000378. The van der Waals surface area contributed by atoms with Crippen molar-refractivity contribution in [1.82, 2.24) is 9.97 Å². The maximum absolute atomic E-state index is 10.0. The quantitative estimate of drug-likeness (QED) is 0.145. The SMILES string of the molecule is CC(=O)/C=C(/C)O.Cc1[c-]c(-c2ncnc3c2C(C)(C)c2cc4ccccc4cc2-3)cc(C)c1.[Ir]. The molecule has 0 aliphatic heterocycles. The van der Waals surface area contributed by atoms with Crippen LogP contribution in [0.15, 0.2) is 66.7 Å². The van der Waals surface area contributed by atoms with Crippen LogP contribution in [-0.4, -0.2) is 20.9 Å². The van der Waals surface area contributed by atoms with Gasteiger partial charge in [0.05, 0.1) is 11.5 Å². The van der Waals surface area contributed by atoms with Gasteiger partial charge in [-0.2, -0.15) is 0 Å². The minimum absolute atomic E-state index is 0. The van der Waals surface area contributed by atoms with E-state index in [9.17, 15) is 4.79 Å². The standard InChI is InChI=1S/C25H21N2.C5H8O2.Ir/c1-15-9-16(2)11-19(10-15)23-22-24(27-14-26-23)20-12-17-7-5-6-8-18(17)13-21(20)25(22,3)4;1-4(6)3-5(2)7;/h5-10,12-14H,1-4H3;3,6H,1-2H3;/q-1;;/b;4-3-;. The van der Waals surface area contributed by atoms with Crippen molar-refractivity contribution in [3.05, 3.63) is 95.0 Å². The first kappa shape index (κ1) is 26.5. The second-order valence-electron chi connectivity index (χ2n) is 9.47. The van der Waals surface area contributed by atoms with Crippen molar-refractivity contribution in [3.8, 4) is 22.5 Å². The van der Waals surface area contributed by atoms with Crippen LogP contribution in [0.2, 0.25) is 0 Å². The second kappa shape index (κ2) is 10.2. The summed E-state index contributed by atoms with van der Waals surface area (Å²) in [5.74, 6) is -0.0625. The van der Waals surface area contributed by atoms with E-state index in [0.29, 0.717) is 0 Å². The molecule has 0 saturated heterocycles. The molecule has 1 N–H and O–H groups in total. The van der Waals surface area contributed by atoms with Gasteiger partial charge < -0.3 is 5.11 Å². The third kappa shape index (κ3) is 5.27. The number of aromatic nitrogens is 2. The maximum Gasteiger partial charge on any atom is 0.155 e. The predicted octanol–water partition coefficient (Wildman–Crippen LogP) is 7.05. The van der Waals surface area contributed by atoms with Gasteiger partial charge in [0.25, 0.3) is 0 Å². The molecule has 3 aromatic carbocycles. The summed E-state index contributed by atoms with van der Waals surface area (Å²) in [4.78, 5) is 19.4. The monoisotopic (exact) mass is 642 g/mol. The van der Waals surface area contributed by atoms with E-state index in [1.54, 1.807) is 6.33 Å². The summed E-state index contributed by atoms with van der Waals surface area (Å²) in [6, 6.07) is 21.0. The first-order valence-electron chi connectivity index (χ1n) is 11.4. The van der Waals surface area contributed by atoms with E-state index in [0.717, 1.165) is 22.5 Å². The van der Waals surface area contributed by atoms with E-state index in [2.05, 4.69) is 82.3 Å². The van der Waals surface area contributed by atoms with Crippen molar-refractivity contribution < 1.29 is 30.0 Å². The van der Waals surface area contributed by atoms with Crippen LogP contribution >= 0.6 is 0 Å². The number of ketones is 1. The molecule has 35 heavy (non-hydrogen) atoms. The molecule has 1 aromatic heterocycles. The van der Waals surface area contributed by atoms with Gasteiger partial charge in [-0.05, 0) is 53.6 Å². The number of carbonyl (C=O) groups excluding carboxylic acids is 1. The molecule has 5 rings (SSSR count). The van der Waals surface area contributed by atoms with Gasteiger partial charge in [-0.15, -0.1) is 34.9 Å². The van der Waals surface area contributed by atoms with Gasteiger partial charge in [0, 0.05) is 37.2 Å². The summed E-state index contributed by atoms with van der Waals surface area (Å²) in [6.07, 6.45) is 2.86. The third-order valence-electron chi connectivity index (χ3n) is 6.10. The Kier molecular flexibility index (Phi) is 7.74. The van der Waals surface area contributed by atoms with Crippen LogP contribution < -0.4 is 0 Å². The molecule has 5 heteroatoms. The van der Waals surface area contributed by atoms with E-state index in [1.165, 1.54) is 52.9 Å². The van der Waals surface area contributed by atoms with Crippen molar-refractivity contribution in [2.24, 2.45) is 0 Å². The largest absolute Gasteiger partial charge is 0.512 e. The number of nitrogens with zero attached hydrogens (tertiary/aromatic N) is 2. The molecule has 1 heterocycles. The summed E-state index contributed by atoms with van der Waals surface area (Å²) in [6.45, 7) is 11.6. The van der Waals surface area contributed by atoms with Gasteiger partial charge in [0.15, 0.2) is 5.78 Å². The molecule has 4 nitrogen and oxygen atoms in total. The summed E-state index contributed by atoms with van der Waals surface area (Å²) >= 11 is 0. The Morgan fingerprint density at radius 1 is 0.971 bits per heavy atom. The topological polar surface area (TPSA) is 63.1 Å².